The van der Waals surface area contributed by atoms with Crippen molar-refractivity contribution in [2.45, 2.75) is 13.8 Å². The smallest absolute Gasteiger partial charge is 0.409 e. The molecule has 0 spiro atoms. The van der Waals surface area contributed by atoms with E-state index < -0.39 is 6.75 Å². The summed E-state index contributed by atoms with van der Waals surface area (Å²) in [6.45, 7) is 3.80. The minimum Gasteiger partial charge on any atom is -0.540 e. The van der Waals surface area contributed by atoms with Crippen molar-refractivity contribution in [2.24, 2.45) is 5.41 Å². The van der Waals surface area contributed by atoms with Gasteiger partial charge in [0.15, 0.2) is 5.78 Å². The monoisotopic (exact) mass is 247 g/mol. The first-order chi connectivity index (χ1) is 8.53. The van der Waals surface area contributed by atoms with E-state index in [0.29, 0.717) is 25.4 Å². The second-order valence-electron chi connectivity index (χ2n) is 5.56. The van der Waals surface area contributed by atoms with Crippen LogP contribution < -0.4 is 5.46 Å². The van der Waals surface area contributed by atoms with Gasteiger partial charge in [-0.1, -0.05) is 31.2 Å². The van der Waals surface area contributed by atoms with Gasteiger partial charge in [-0.25, -0.2) is 0 Å². The van der Waals surface area contributed by atoms with Crippen molar-refractivity contribution < 1.29 is 18.8 Å². The number of ketones is 1. The van der Waals surface area contributed by atoms with Crippen molar-refractivity contribution in [2.75, 3.05) is 19.8 Å². The van der Waals surface area contributed by atoms with E-state index in [-0.39, 0.29) is 11.2 Å². The number of rotatable bonds is 2. The summed E-state index contributed by atoms with van der Waals surface area (Å²) in [6.07, 6.45) is 0. The second kappa shape index (κ2) is 3.92. The quantitative estimate of drug-likeness (QED) is 0.580. The number of Topliss-reactive ketones (excluding diaryl/α,β-unsaturated/α-hetero) is 1. The van der Waals surface area contributed by atoms with E-state index in [1.54, 1.807) is 19.1 Å². The van der Waals surface area contributed by atoms with E-state index in [4.69, 9.17) is 14.0 Å². The molecule has 0 N–H and O–H groups in total. The minimum atomic E-state index is -1.80. The van der Waals surface area contributed by atoms with Crippen molar-refractivity contribution in [3.05, 3.63) is 29.8 Å². The lowest BCUT2D eigenvalue weighted by Gasteiger charge is -2.58. The highest BCUT2D eigenvalue weighted by atomic mass is 16.8. The zero-order valence-corrected chi connectivity index (χ0v) is 10.6. The van der Waals surface area contributed by atoms with Crippen LogP contribution in [-0.4, -0.2) is 32.4 Å². The molecular formula is C13H16BO4-. The van der Waals surface area contributed by atoms with E-state index in [2.05, 4.69) is 6.92 Å². The largest absolute Gasteiger partial charge is 0.540 e. The fourth-order valence-corrected chi connectivity index (χ4v) is 2.44. The van der Waals surface area contributed by atoms with Crippen LogP contribution in [0.2, 0.25) is 0 Å². The molecule has 0 saturated carbocycles. The van der Waals surface area contributed by atoms with Gasteiger partial charge in [0.1, 0.15) is 0 Å². The molecule has 3 aliphatic heterocycles. The van der Waals surface area contributed by atoms with Gasteiger partial charge in [-0.2, -0.15) is 0 Å². The third kappa shape index (κ3) is 1.79. The number of fused-ring (bicyclic) bond motifs is 3. The molecule has 4 rings (SSSR count). The van der Waals surface area contributed by atoms with E-state index in [9.17, 15) is 4.79 Å². The topological polar surface area (TPSA) is 44.8 Å². The van der Waals surface area contributed by atoms with Crippen molar-refractivity contribution in [3.8, 4) is 0 Å². The number of hydrogen-bond acceptors (Lipinski definition) is 4. The zero-order valence-electron chi connectivity index (χ0n) is 10.6. The summed E-state index contributed by atoms with van der Waals surface area (Å²) >= 11 is 0. The first-order valence-electron chi connectivity index (χ1n) is 6.20. The summed E-state index contributed by atoms with van der Waals surface area (Å²) in [6, 6.07) is 7.27. The van der Waals surface area contributed by atoms with Crippen LogP contribution >= 0.6 is 0 Å². The normalized spacial score (nSPS) is 34.6. The Balaban J connectivity index is 1.88. The molecule has 1 aromatic carbocycles. The van der Waals surface area contributed by atoms with Gasteiger partial charge in [0.2, 0.25) is 0 Å². The highest BCUT2D eigenvalue weighted by Gasteiger charge is 2.46. The molecule has 2 bridgehead atoms. The maximum atomic E-state index is 11.2. The average molecular weight is 247 g/mol. The Morgan fingerprint density at radius 3 is 2.06 bits per heavy atom. The Kier molecular flexibility index (Phi) is 2.59. The summed E-state index contributed by atoms with van der Waals surface area (Å²) in [5.41, 5.74) is 1.52. The molecule has 0 radical (unpaired) electrons. The number of carbonyl (C=O) groups excluding carboxylic acids is 1. The standard InChI is InChI=1S/C13H16BO4/c1-10(15)11-3-5-12(6-4-11)14-16-7-13(2,8-17-14)9-18-14/h3-6H,7-9H2,1-2H3/q-1. The summed E-state index contributed by atoms with van der Waals surface area (Å²) in [7, 11) is 0. The SMILES string of the molecule is CC(=O)c1ccc([B-]23OCC(C)(CO2)CO3)cc1. The molecule has 0 atom stereocenters. The van der Waals surface area contributed by atoms with Gasteiger partial charge in [0.25, 0.3) is 0 Å². The Morgan fingerprint density at radius 2 is 1.61 bits per heavy atom. The lowest BCUT2D eigenvalue weighted by Crippen LogP contribution is -2.68. The first-order valence-corrected chi connectivity index (χ1v) is 6.20. The van der Waals surface area contributed by atoms with Gasteiger partial charge in [0, 0.05) is 30.8 Å². The summed E-state index contributed by atoms with van der Waals surface area (Å²) in [5, 5.41) is 0. The fourth-order valence-electron chi connectivity index (χ4n) is 2.44. The Labute approximate surface area is 106 Å². The summed E-state index contributed by atoms with van der Waals surface area (Å²) in [5.74, 6) is 0.0502. The molecule has 0 unspecified atom stereocenters. The maximum absolute atomic E-state index is 11.2. The molecule has 1 aromatic rings. The van der Waals surface area contributed by atoms with Gasteiger partial charge in [0.05, 0.1) is 0 Å². The van der Waals surface area contributed by atoms with Gasteiger partial charge in [-0.05, 0) is 6.92 Å². The highest BCUT2D eigenvalue weighted by molar-refractivity contribution is 6.75. The van der Waals surface area contributed by atoms with Crippen LogP contribution in [0.3, 0.4) is 0 Å². The van der Waals surface area contributed by atoms with Crippen molar-refractivity contribution in [3.63, 3.8) is 0 Å². The number of hydrogen-bond donors (Lipinski definition) is 0. The highest BCUT2D eigenvalue weighted by Crippen LogP contribution is 2.34. The second-order valence-corrected chi connectivity index (χ2v) is 5.56. The third-order valence-electron chi connectivity index (χ3n) is 3.68. The van der Waals surface area contributed by atoms with Crippen molar-refractivity contribution in [1.82, 2.24) is 0 Å². The first kappa shape index (κ1) is 11.9. The molecule has 96 valence electrons. The van der Waals surface area contributed by atoms with Crippen LogP contribution in [0.25, 0.3) is 0 Å². The van der Waals surface area contributed by atoms with Crippen molar-refractivity contribution >= 4 is 18.0 Å². The Bertz CT molecular complexity index is 458. The third-order valence-corrected chi connectivity index (χ3v) is 3.68. The lowest BCUT2D eigenvalue weighted by molar-refractivity contribution is -0.119. The van der Waals surface area contributed by atoms with Gasteiger partial charge in [-0.3, -0.25) is 4.79 Å². The predicted octanol–water partition coefficient (Wildman–Crippen LogP) is 1.12. The molecule has 0 amide bonds. The number of carbonyl (C=O) groups is 1. The molecule has 3 fully saturated rings. The average Bonchev–Trinajstić information content (AvgIpc) is 2.40. The summed E-state index contributed by atoms with van der Waals surface area (Å²) < 4.78 is 17.4. The van der Waals surface area contributed by atoms with Gasteiger partial charge < -0.3 is 14.0 Å². The maximum Gasteiger partial charge on any atom is 0.409 e. The van der Waals surface area contributed by atoms with Crippen LogP contribution in [-0.2, 0) is 14.0 Å². The van der Waals surface area contributed by atoms with Crippen LogP contribution in [0.5, 0.6) is 0 Å². The zero-order chi connectivity index (χ0) is 12.8. The number of benzene rings is 1. The van der Waals surface area contributed by atoms with Gasteiger partial charge in [-0.15, -0.1) is 5.46 Å². The van der Waals surface area contributed by atoms with Crippen molar-refractivity contribution in [1.29, 1.82) is 0 Å². The summed E-state index contributed by atoms with van der Waals surface area (Å²) in [4.78, 5) is 11.2. The molecule has 5 heteroatoms. The predicted molar refractivity (Wildman–Crippen MR) is 67.8 cm³/mol. The molecule has 18 heavy (non-hydrogen) atoms. The van der Waals surface area contributed by atoms with Crippen LogP contribution in [0, 0.1) is 5.41 Å². The molecule has 3 heterocycles. The molecule has 3 aliphatic rings. The van der Waals surface area contributed by atoms with Gasteiger partial charge >= 0.3 is 6.75 Å². The molecule has 0 aliphatic carbocycles. The minimum absolute atomic E-state index is 0.0250. The van der Waals surface area contributed by atoms with E-state index in [0.717, 1.165) is 5.46 Å². The van der Waals surface area contributed by atoms with E-state index >= 15 is 0 Å². The van der Waals surface area contributed by atoms with Crippen LogP contribution in [0.4, 0.5) is 0 Å². The molecular weight excluding hydrogens is 231 g/mol. The molecule has 4 nitrogen and oxygen atoms in total. The van der Waals surface area contributed by atoms with E-state index in [1.165, 1.54) is 0 Å². The Hall–Kier alpha value is -1.17. The Morgan fingerprint density at radius 1 is 1.11 bits per heavy atom. The fraction of sp³-hybridized carbons (Fsp3) is 0.462. The molecule has 0 aromatic heterocycles. The lowest BCUT2D eigenvalue weighted by atomic mass is 9.64. The van der Waals surface area contributed by atoms with Crippen LogP contribution in [0.1, 0.15) is 24.2 Å². The van der Waals surface area contributed by atoms with Crippen LogP contribution in [0.15, 0.2) is 24.3 Å². The molecule has 3 saturated heterocycles. The van der Waals surface area contributed by atoms with E-state index in [1.807, 2.05) is 12.1 Å².